The first-order chi connectivity index (χ1) is 9.22. The van der Waals surface area contributed by atoms with E-state index in [-0.39, 0.29) is 0 Å². The van der Waals surface area contributed by atoms with Crippen molar-refractivity contribution in [3.05, 3.63) is 40.6 Å². The highest BCUT2D eigenvalue weighted by Crippen LogP contribution is 2.25. The monoisotopic (exact) mass is 320 g/mol. The Balaban J connectivity index is 2.29. The van der Waals surface area contributed by atoms with Gasteiger partial charge in [0.2, 0.25) is 0 Å². The molecule has 0 aliphatic carbocycles. The van der Waals surface area contributed by atoms with Crippen LogP contribution >= 0.6 is 15.9 Å². The zero-order valence-electron chi connectivity index (χ0n) is 11.1. The summed E-state index contributed by atoms with van der Waals surface area (Å²) in [6.45, 7) is 2.12. The van der Waals surface area contributed by atoms with Crippen LogP contribution in [0.5, 0.6) is 0 Å². The average molecular weight is 321 g/mol. The number of hydrogen-bond acceptors (Lipinski definition) is 4. The molecule has 5 heteroatoms. The third-order valence-electron chi connectivity index (χ3n) is 2.64. The molecule has 2 N–H and O–H groups in total. The standard InChI is InChI=1S/C14H17BrN4/c1-3-6-12-18-13(16-2)9-14(19-12)17-11-8-5-4-7-10(11)15/h4-5,7-9H,3,6H2,1-2H3,(H2,16,17,18,19). The molecule has 0 atom stereocenters. The minimum atomic E-state index is 0.801. The quantitative estimate of drug-likeness (QED) is 0.875. The fourth-order valence-electron chi connectivity index (χ4n) is 1.73. The Morgan fingerprint density at radius 2 is 1.89 bits per heavy atom. The first-order valence-electron chi connectivity index (χ1n) is 6.30. The number of aromatic nitrogens is 2. The van der Waals surface area contributed by atoms with Crippen LogP contribution in [0.2, 0.25) is 0 Å². The Hall–Kier alpha value is -1.62. The van der Waals surface area contributed by atoms with Gasteiger partial charge in [-0.1, -0.05) is 19.1 Å². The Morgan fingerprint density at radius 3 is 2.58 bits per heavy atom. The highest BCUT2D eigenvalue weighted by molar-refractivity contribution is 9.10. The van der Waals surface area contributed by atoms with Crippen molar-refractivity contribution in [2.24, 2.45) is 0 Å². The summed E-state index contributed by atoms with van der Waals surface area (Å²) in [5.41, 5.74) is 0.991. The summed E-state index contributed by atoms with van der Waals surface area (Å²) >= 11 is 3.52. The molecular weight excluding hydrogens is 304 g/mol. The molecule has 1 aromatic heterocycles. The van der Waals surface area contributed by atoms with Gasteiger partial charge in [-0.2, -0.15) is 0 Å². The summed E-state index contributed by atoms with van der Waals surface area (Å²) in [7, 11) is 1.86. The van der Waals surface area contributed by atoms with Gasteiger partial charge in [0.1, 0.15) is 17.5 Å². The molecule has 19 heavy (non-hydrogen) atoms. The van der Waals surface area contributed by atoms with E-state index in [2.05, 4.69) is 43.5 Å². The van der Waals surface area contributed by atoms with Crippen LogP contribution in [0, 0.1) is 0 Å². The average Bonchev–Trinajstić information content (AvgIpc) is 2.41. The van der Waals surface area contributed by atoms with E-state index in [1.54, 1.807) is 0 Å². The highest BCUT2D eigenvalue weighted by Gasteiger charge is 2.05. The zero-order valence-corrected chi connectivity index (χ0v) is 12.7. The maximum absolute atomic E-state index is 4.52. The van der Waals surface area contributed by atoms with Gasteiger partial charge in [-0.25, -0.2) is 9.97 Å². The topological polar surface area (TPSA) is 49.8 Å². The van der Waals surface area contributed by atoms with E-state index >= 15 is 0 Å². The molecule has 2 aromatic rings. The van der Waals surface area contributed by atoms with Crippen LogP contribution in [0.25, 0.3) is 0 Å². The summed E-state index contributed by atoms with van der Waals surface area (Å²) < 4.78 is 1.01. The first kappa shape index (κ1) is 13.8. The van der Waals surface area contributed by atoms with Crippen molar-refractivity contribution >= 4 is 33.3 Å². The normalized spacial score (nSPS) is 10.3. The molecule has 0 unspecified atom stereocenters. The van der Waals surface area contributed by atoms with E-state index in [0.717, 1.165) is 40.5 Å². The SMILES string of the molecule is CCCc1nc(NC)cc(Nc2ccccc2Br)n1. The van der Waals surface area contributed by atoms with Gasteiger partial charge in [-0.05, 0) is 34.5 Å². The molecule has 0 bridgehead atoms. The van der Waals surface area contributed by atoms with Crippen LogP contribution in [0.3, 0.4) is 0 Å². The summed E-state index contributed by atoms with van der Waals surface area (Å²) in [4.78, 5) is 8.96. The van der Waals surface area contributed by atoms with E-state index in [0.29, 0.717) is 0 Å². The molecule has 1 heterocycles. The van der Waals surface area contributed by atoms with Crippen molar-refractivity contribution in [2.75, 3.05) is 17.7 Å². The summed E-state index contributed by atoms with van der Waals surface area (Å²) in [6.07, 6.45) is 1.90. The smallest absolute Gasteiger partial charge is 0.136 e. The molecule has 0 spiro atoms. The van der Waals surface area contributed by atoms with Crippen LogP contribution in [-0.2, 0) is 6.42 Å². The van der Waals surface area contributed by atoms with Crippen molar-refractivity contribution in [1.29, 1.82) is 0 Å². The van der Waals surface area contributed by atoms with Gasteiger partial charge < -0.3 is 10.6 Å². The minimum Gasteiger partial charge on any atom is -0.373 e. The van der Waals surface area contributed by atoms with Gasteiger partial charge in [-0.15, -0.1) is 0 Å². The van der Waals surface area contributed by atoms with Gasteiger partial charge >= 0.3 is 0 Å². The predicted octanol–water partition coefficient (Wildman–Crippen LogP) is 3.98. The van der Waals surface area contributed by atoms with E-state index in [9.17, 15) is 0 Å². The number of aryl methyl sites for hydroxylation is 1. The van der Waals surface area contributed by atoms with E-state index in [1.807, 2.05) is 37.4 Å². The second-order valence-electron chi connectivity index (χ2n) is 4.16. The lowest BCUT2D eigenvalue weighted by Crippen LogP contribution is -2.04. The lowest BCUT2D eigenvalue weighted by atomic mass is 10.3. The van der Waals surface area contributed by atoms with E-state index in [4.69, 9.17) is 0 Å². The number of benzene rings is 1. The fraction of sp³-hybridized carbons (Fsp3) is 0.286. The highest BCUT2D eigenvalue weighted by atomic mass is 79.9. The number of halogens is 1. The predicted molar refractivity (Wildman–Crippen MR) is 83.0 cm³/mol. The van der Waals surface area contributed by atoms with Gasteiger partial charge in [0.05, 0.1) is 5.69 Å². The van der Waals surface area contributed by atoms with Crippen LogP contribution in [0.4, 0.5) is 17.3 Å². The zero-order chi connectivity index (χ0) is 13.7. The van der Waals surface area contributed by atoms with Gasteiger partial charge in [0.25, 0.3) is 0 Å². The molecule has 0 saturated heterocycles. The first-order valence-corrected chi connectivity index (χ1v) is 7.09. The Bertz CT molecular complexity index is 557. The van der Waals surface area contributed by atoms with Gasteiger partial charge in [0.15, 0.2) is 0 Å². The molecule has 4 nitrogen and oxygen atoms in total. The van der Waals surface area contributed by atoms with Crippen molar-refractivity contribution in [3.8, 4) is 0 Å². The van der Waals surface area contributed by atoms with Crippen LogP contribution in [0.1, 0.15) is 19.2 Å². The maximum atomic E-state index is 4.52. The van der Waals surface area contributed by atoms with Gasteiger partial charge in [-0.3, -0.25) is 0 Å². The molecule has 1 aromatic carbocycles. The molecule has 0 aliphatic heterocycles. The Morgan fingerprint density at radius 1 is 1.16 bits per heavy atom. The maximum Gasteiger partial charge on any atom is 0.136 e. The van der Waals surface area contributed by atoms with Crippen molar-refractivity contribution in [2.45, 2.75) is 19.8 Å². The van der Waals surface area contributed by atoms with E-state index in [1.165, 1.54) is 0 Å². The minimum absolute atomic E-state index is 0.801. The molecule has 0 aliphatic rings. The van der Waals surface area contributed by atoms with Crippen molar-refractivity contribution in [1.82, 2.24) is 9.97 Å². The molecule has 0 radical (unpaired) electrons. The Labute approximate surface area is 121 Å². The summed E-state index contributed by atoms with van der Waals surface area (Å²) in [6, 6.07) is 9.87. The Kier molecular flexibility index (Phi) is 4.74. The van der Waals surface area contributed by atoms with E-state index < -0.39 is 0 Å². The molecule has 100 valence electrons. The summed E-state index contributed by atoms with van der Waals surface area (Å²) in [5.74, 6) is 2.48. The third-order valence-corrected chi connectivity index (χ3v) is 3.33. The fourth-order valence-corrected chi connectivity index (χ4v) is 2.11. The number of nitrogens with one attached hydrogen (secondary N) is 2. The van der Waals surface area contributed by atoms with Crippen molar-refractivity contribution < 1.29 is 0 Å². The number of anilines is 3. The number of rotatable bonds is 5. The second-order valence-corrected chi connectivity index (χ2v) is 5.01. The van der Waals surface area contributed by atoms with Gasteiger partial charge in [0, 0.05) is 24.0 Å². The van der Waals surface area contributed by atoms with Crippen molar-refractivity contribution in [3.63, 3.8) is 0 Å². The van der Waals surface area contributed by atoms with Crippen LogP contribution in [-0.4, -0.2) is 17.0 Å². The van der Waals surface area contributed by atoms with Crippen LogP contribution in [0.15, 0.2) is 34.8 Å². The molecular formula is C14H17BrN4. The number of nitrogens with zero attached hydrogens (tertiary/aromatic N) is 2. The largest absolute Gasteiger partial charge is 0.373 e. The third kappa shape index (κ3) is 3.67. The lowest BCUT2D eigenvalue weighted by molar-refractivity contribution is 0.838. The molecule has 2 rings (SSSR count). The lowest BCUT2D eigenvalue weighted by Gasteiger charge is -2.10. The molecule has 0 saturated carbocycles. The second kappa shape index (κ2) is 6.52. The van der Waals surface area contributed by atoms with Crippen LogP contribution < -0.4 is 10.6 Å². The summed E-state index contributed by atoms with van der Waals surface area (Å²) in [5, 5.41) is 6.37. The number of para-hydroxylation sites is 1. The number of hydrogen-bond donors (Lipinski definition) is 2. The molecule has 0 fully saturated rings. The molecule has 0 amide bonds.